The molecule has 25 nitrogen and oxygen atoms in total. The van der Waals surface area contributed by atoms with E-state index in [0.29, 0.717) is 64.2 Å². The van der Waals surface area contributed by atoms with Crippen LogP contribution >= 0.6 is 0 Å². The monoisotopic (exact) mass is 1570 g/mol. The fourth-order valence-electron chi connectivity index (χ4n) is 18.8. The number of likely N-dealkylation sites (N-methyl/N-ethyl adjacent to an activating group) is 5. The van der Waals surface area contributed by atoms with E-state index in [2.05, 4.69) is 16.0 Å². The van der Waals surface area contributed by atoms with Crippen LogP contribution in [0.1, 0.15) is 201 Å². The number of morpholine rings is 1. The molecule has 3 N–H and O–H groups in total. The molecule has 2 bridgehead atoms. The van der Waals surface area contributed by atoms with Gasteiger partial charge in [-0.3, -0.25) is 57.5 Å². The van der Waals surface area contributed by atoms with Crippen LogP contribution in [0.25, 0.3) is 0 Å². The molecule has 4 aliphatic carbocycles. The second-order valence-electron chi connectivity index (χ2n) is 33.5. The molecule has 2 unspecified atom stereocenters. The number of amides is 12. The molecule has 33 heteroatoms. The molecule has 4 saturated carbocycles. The molecule has 0 aromatic heterocycles. The Kier molecular flexibility index (Phi) is 29.5. The van der Waals surface area contributed by atoms with Crippen LogP contribution in [0.5, 0.6) is 0 Å². The Morgan fingerprint density at radius 3 is 1.75 bits per heavy atom. The van der Waals surface area contributed by atoms with Crippen LogP contribution in [0.3, 0.4) is 0 Å². The van der Waals surface area contributed by atoms with Gasteiger partial charge < -0.3 is 64.8 Å². The molecule has 9 aliphatic rings. The van der Waals surface area contributed by atoms with Gasteiger partial charge in [-0.05, 0) is 152 Å². The van der Waals surface area contributed by atoms with Crippen LogP contribution in [0, 0.1) is 41.4 Å². The predicted octanol–water partition coefficient (Wildman–Crippen LogP) is 6.86. The number of ether oxygens (including phenoxy) is 1. The van der Waals surface area contributed by atoms with Crippen molar-refractivity contribution in [2.24, 2.45) is 41.4 Å². The molecule has 1 spiro atoms. The smallest absolute Gasteiger partial charge is 0.378 e. The minimum atomic E-state index is -5.20. The lowest BCUT2D eigenvalue weighted by Gasteiger charge is -2.46. The maximum absolute atomic E-state index is 15.8. The molecule has 0 aromatic carbocycles. The van der Waals surface area contributed by atoms with Crippen LogP contribution in [0.2, 0.25) is 0 Å². The first-order chi connectivity index (χ1) is 51.9. The average Bonchev–Trinajstić information content (AvgIpc) is 1.46. The van der Waals surface area contributed by atoms with Gasteiger partial charge in [0.1, 0.15) is 78.2 Å². The summed E-state index contributed by atoms with van der Waals surface area (Å²) in [6, 6.07) is -12.1. The summed E-state index contributed by atoms with van der Waals surface area (Å²) < 4.78 is 121. The highest BCUT2D eigenvalue weighted by atomic mass is 19.4. The van der Waals surface area contributed by atoms with E-state index in [1.165, 1.54) is 74.4 Å². The largest absolute Gasteiger partial charge is 0.397 e. The number of carbonyl (C=O) groups excluding carboxylic acids is 12. The van der Waals surface area contributed by atoms with Crippen molar-refractivity contribution in [2.75, 3.05) is 87.7 Å². The first kappa shape index (κ1) is 87.0. The second-order valence-corrected chi connectivity index (χ2v) is 33.5. The number of halogens is 8. The lowest BCUT2D eigenvalue weighted by molar-refractivity contribution is -0.219. The van der Waals surface area contributed by atoms with Crippen LogP contribution in [0.4, 0.5) is 35.1 Å². The molecular weight excluding hydrogens is 1450 g/mol. The summed E-state index contributed by atoms with van der Waals surface area (Å²) in [4.78, 5) is 195. The van der Waals surface area contributed by atoms with Crippen LogP contribution in [0.15, 0.2) is 0 Å². The first-order valence-electron chi connectivity index (χ1n) is 40.3. The maximum Gasteiger partial charge on any atom is 0.397 e. The molecule has 12 atom stereocenters. The van der Waals surface area contributed by atoms with Gasteiger partial charge in [0.2, 0.25) is 70.9 Å². The minimum Gasteiger partial charge on any atom is -0.378 e. The maximum atomic E-state index is 15.8. The van der Waals surface area contributed by atoms with E-state index in [0.717, 1.165) is 4.90 Å². The van der Waals surface area contributed by atoms with Crippen molar-refractivity contribution in [3.63, 3.8) is 0 Å². The van der Waals surface area contributed by atoms with Crippen molar-refractivity contribution in [2.45, 2.75) is 286 Å². The highest BCUT2D eigenvalue weighted by Crippen LogP contribution is 2.46. The van der Waals surface area contributed by atoms with Gasteiger partial charge in [0.15, 0.2) is 0 Å². The lowest BCUT2D eigenvalue weighted by Crippen LogP contribution is -2.66. The van der Waals surface area contributed by atoms with Crippen molar-refractivity contribution >= 4 is 70.9 Å². The van der Waals surface area contributed by atoms with Crippen molar-refractivity contribution in [3.8, 4) is 0 Å². The zero-order valence-corrected chi connectivity index (χ0v) is 65.5. The summed E-state index contributed by atoms with van der Waals surface area (Å²) >= 11 is 0. The van der Waals surface area contributed by atoms with Gasteiger partial charge in [0.05, 0.1) is 32.1 Å². The normalized spacial score (nSPS) is 32.8. The number of carbonyl (C=O) groups is 12. The third-order valence-electron chi connectivity index (χ3n) is 25.7. The molecule has 5 saturated heterocycles. The Bertz CT molecular complexity index is 3280. The van der Waals surface area contributed by atoms with E-state index in [1.54, 1.807) is 6.92 Å². The predicted molar refractivity (Wildman–Crippen MR) is 386 cm³/mol. The van der Waals surface area contributed by atoms with Gasteiger partial charge in [-0.2, -0.15) is 26.3 Å². The summed E-state index contributed by atoms with van der Waals surface area (Å²) in [6.07, 6.45) is -12.8. The third kappa shape index (κ3) is 20.1. The molecule has 110 heavy (non-hydrogen) atoms. The Hall–Kier alpha value is -6.96. The van der Waals surface area contributed by atoms with Crippen molar-refractivity contribution in [1.82, 2.24) is 60.0 Å². The SMILES string of the molecule is CC[C@H](C)[C@@H]1NC(=O)[C@H](CC(C)C)N(C)C(=O)C[C@@H](C(=O)N2CCOCC2)N(C)C(=O)[C@H](C2CCCC2)N(C)C(=O)C2(CCCC2)NC(=O)[C@@H]2CCCN2C(=O)[C@H](CCC2CC(F)C(C(F)(F)F)C(F)C2)NC(=O)CN(C)C(=O)[C@H](CC2CCC(C(F)(F)F)CC2)N2CCCCC[C@@H](C2=O)N(C)C(=O)[C@@H]2CCN2C1=O. The summed E-state index contributed by atoms with van der Waals surface area (Å²) in [6.45, 7) is 6.88. The summed E-state index contributed by atoms with van der Waals surface area (Å²) in [5.41, 5.74) is -1.67. The molecule has 12 amide bonds. The van der Waals surface area contributed by atoms with Crippen molar-refractivity contribution in [1.29, 1.82) is 0 Å². The summed E-state index contributed by atoms with van der Waals surface area (Å²) in [7, 11) is 6.90. The average molecular weight is 1570 g/mol. The summed E-state index contributed by atoms with van der Waals surface area (Å²) in [5.74, 6) is -16.1. The van der Waals surface area contributed by atoms with Gasteiger partial charge in [-0.1, -0.05) is 72.6 Å². The number of hydrogen-bond acceptors (Lipinski definition) is 13. The molecule has 5 heterocycles. The van der Waals surface area contributed by atoms with Gasteiger partial charge >= 0.3 is 12.4 Å². The minimum absolute atomic E-state index is 0.0225. The van der Waals surface area contributed by atoms with Crippen molar-refractivity contribution < 1.29 is 97.4 Å². The number of nitrogens with zero attached hydrogens (tertiary/aromatic N) is 9. The Morgan fingerprint density at radius 2 is 1.16 bits per heavy atom. The quantitative estimate of drug-likeness (QED) is 0.179. The molecule has 9 rings (SSSR count). The van der Waals surface area contributed by atoms with Crippen LogP contribution < -0.4 is 16.0 Å². The standard InChI is InChI=1S/C77H118F8N12O13/c1-10-46(4)63-72(107)97-34-29-56(97)69(104)91(7)55-21-12-11-17-32-96(71(55)106)59(42-47-23-26-50(27-24-47)76(80,81)82)68(103)89(5)44-60(98)86-53(28-25-48-40-51(78)62(52(79)41-48)77(83,84)85)67(102)95-33-18-22-54(95)66(101)88-75(30-15-16-31-75)74(109)93(9)64(49-19-13-14-20-49)73(108)92(8)58(70(105)94-35-37-110-38-36-94)43-61(99)90(6)57(39-45(2)3)65(100)87-63/h45-59,62-64H,10-44H2,1-9H3,(H,86,98)(H,87,100)(H,88,101)/t46-,47?,48?,50?,51?,52?,53-,54-,55-,56-,57-,58-,59-,62?,63-,64-/m0/s1. The second kappa shape index (κ2) is 37.3. The van der Waals surface area contributed by atoms with E-state index in [4.69, 9.17) is 4.74 Å². The molecular formula is C77H118F8N12O13. The van der Waals surface area contributed by atoms with E-state index in [-0.39, 0.29) is 135 Å². The number of hydrogen-bond donors (Lipinski definition) is 3. The first-order valence-corrected chi connectivity index (χ1v) is 40.3. The Labute approximate surface area is 640 Å². The van der Waals surface area contributed by atoms with Gasteiger partial charge in [-0.25, -0.2) is 8.78 Å². The van der Waals surface area contributed by atoms with Crippen molar-refractivity contribution in [3.05, 3.63) is 0 Å². The number of fused-ring (bicyclic) bond motifs is 4. The van der Waals surface area contributed by atoms with E-state index in [9.17, 15) is 31.1 Å². The topological polar surface area (TPSA) is 279 Å². The zero-order valence-electron chi connectivity index (χ0n) is 65.5. The number of nitrogens with one attached hydrogen (secondary N) is 3. The molecule has 620 valence electrons. The zero-order chi connectivity index (χ0) is 80.6. The lowest BCUT2D eigenvalue weighted by atomic mass is 9.76. The molecule has 0 radical (unpaired) electrons. The fraction of sp³-hybridized carbons (Fsp3) is 0.844. The van der Waals surface area contributed by atoms with Crippen LogP contribution in [-0.2, 0) is 62.3 Å². The number of rotatable bonds is 11. The van der Waals surface area contributed by atoms with E-state index < -0.39 is 223 Å². The Morgan fingerprint density at radius 1 is 0.555 bits per heavy atom. The van der Waals surface area contributed by atoms with Gasteiger partial charge in [0, 0.05) is 68.0 Å². The van der Waals surface area contributed by atoms with Gasteiger partial charge in [0.25, 0.3) is 0 Å². The van der Waals surface area contributed by atoms with E-state index >= 15 is 61.5 Å². The highest BCUT2D eigenvalue weighted by molar-refractivity contribution is 6.01. The highest BCUT2D eigenvalue weighted by Gasteiger charge is 2.56. The van der Waals surface area contributed by atoms with E-state index in [1.807, 2.05) is 20.8 Å². The fourth-order valence-corrected chi connectivity index (χ4v) is 18.8. The molecule has 9 fully saturated rings. The molecule has 0 aromatic rings. The third-order valence-corrected chi connectivity index (χ3v) is 25.7. The summed E-state index contributed by atoms with van der Waals surface area (Å²) in [5, 5.41) is 8.60. The van der Waals surface area contributed by atoms with Gasteiger partial charge in [-0.15, -0.1) is 0 Å². The Balaban J connectivity index is 1.10. The number of alkyl halides is 8. The molecule has 5 aliphatic heterocycles. The van der Waals surface area contributed by atoms with Crippen LogP contribution in [-0.4, -0.2) is 287 Å².